The molecule has 4 rings (SSSR count). The van der Waals surface area contributed by atoms with Gasteiger partial charge in [-0.3, -0.25) is 0 Å². The lowest BCUT2D eigenvalue weighted by Gasteiger charge is -2.50. The van der Waals surface area contributed by atoms with E-state index in [0.29, 0.717) is 5.92 Å². The highest BCUT2D eigenvalue weighted by Crippen LogP contribution is 2.59. The van der Waals surface area contributed by atoms with Gasteiger partial charge in [0.25, 0.3) is 0 Å². The molecule has 0 aromatic carbocycles. The minimum absolute atomic E-state index is 0.181. The number of hydrogen-bond donors (Lipinski definition) is 0. The van der Waals surface area contributed by atoms with E-state index in [9.17, 15) is 5.26 Å². The summed E-state index contributed by atoms with van der Waals surface area (Å²) >= 11 is 0. The Morgan fingerprint density at radius 3 is 2.45 bits per heavy atom. The van der Waals surface area contributed by atoms with Crippen LogP contribution >= 0.6 is 0 Å². The van der Waals surface area contributed by atoms with Gasteiger partial charge in [-0.1, -0.05) is 38.8 Å². The Bertz CT molecular complexity index is 652. The average Bonchev–Trinajstić information content (AvgIpc) is 3.15. The Morgan fingerprint density at radius 2 is 1.69 bits per heavy atom. The van der Waals surface area contributed by atoms with E-state index in [-0.39, 0.29) is 5.41 Å². The van der Waals surface area contributed by atoms with Crippen LogP contribution in [0, 0.1) is 70.0 Å². The van der Waals surface area contributed by atoms with Crippen LogP contribution in [0.15, 0.2) is 11.6 Å². The molecule has 3 fully saturated rings. The van der Waals surface area contributed by atoms with Gasteiger partial charge in [0.1, 0.15) is 0 Å². The van der Waals surface area contributed by atoms with Crippen LogP contribution in [0.1, 0.15) is 98.8 Å². The number of rotatable bonds is 5. The van der Waals surface area contributed by atoms with Crippen molar-refractivity contribution in [1.82, 2.24) is 0 Å². The van der Waals surface area contributed by atoms with Crippen LogP contribution in [0.5, 0.6) is 0 Å². The molecule has 0 amide bonds. The van der Waals surface area contributed by atoms with Gasteiger partial charge in [0.15, 0.2) is 0 Å². The molecule has 0 saturated heterocycles. The van der Waals surface area contributed by atoms with Crippen LogP contribution in [-0.4, -0.2) is 0 Å². The SMILES string of the molecule is CC1CCC2C(=CCC3C2CCC2C(C(C)CCC(C)C(C)(C)C#N)CCC23)C1. The van der Waals surface area contributed by atoms with E-state index in [1.54, 1.807) is 0 Å². The quantitative estimate of drug-likeness (QED) is 0.432. The first kappa shape index (κ1) is 21.5. The van der Waals surface area contributed by atoms with Gasteiger partial charge >= 0.3 is 0 Å². The van der Waals surface area contributed by atoms with Crippen molar-refractivity contribution in [2.45, 2.75) is 98.8 Å². The number of nitriles is 1. The van der Waals surface area contributed by atoms with E-state index in [1.807, 2.05) is 5.57 Å². The Morgan fingerprint density at radius 1 is 0.966 bits per heavy atom. The lowest BCUT2D eigenvalue weighted by atomic mass is 9.55. The zero-order valence-electron chi connectivity index (χ0n) is 19.8. The summed E-state index contributed by atoms with van der Waals surface area (Å²) in [7, 11) is 0. The van der Waals surface area contributed by atoms with Crippen molar-refractivity contribution in [2.75, 3.05) is 0 Å². The molecule has 0 radical (unpaired) electrons. The van der Waals surface area contributed by atoms with Gasteiger partial charge in [0.2, 0.25) is 0 Å². The predicted octanol–water partition coefficient (Wildman–Crippen LogP) is 8.02. The molecule has 29 heavy (non-hydrogen) atoms. The van der Waals surface area contributed by atoms with E-state index >= 15 is 0 Å². The zero-order valence-corrected chi connectivity index (χ0v) is 19.8. The van der Waals surface area contributed by atoms with Crippen LogP contribution < -0.4 is 0 Å². The minimum Gasteiger partial charge on any atom is -0.198 e. The van der Waals surface area contributed by atoms with Crippen molar-refractivity contribution in [1.29, 1.82) is 5.26 Å². The topological polar surface area (TPSA) is 23.8 Å². The molecule has 4 aliphatic carbocycles. The third-order valence-corrected chi connectivity index (χ3v) is 10.4. The van der Waals surface area contributed by atoms with Crippen molar-refractivity contribution in [3.63, 3.8) is 0 Å². The molecule has 0 bridgehead atoms. The largest absolute Gasteiger partial charge is 0.198 e. The highest BCUT2D eigenvalue weighted by molar-refractivity contribution is 5.18. The maximum absolute atomic E-state index is 9.45. The molecule has 0 aliphatic heterocycles. The standard InChI is InChI=1S/C28H45N/c1-18-6-10-23-21(16-18)9-11-26-25(23)15-14-24-22(12-13-27(24)26)19(2)7-8-20(3)28(4,5)17-29/h9,18-20,22-27H,6-8,10-16H2,1-5H3. The van der Waals surface area contributed by atoms with Crippen molar-refractivity contribution in [3.05, 3.63) is 11.6 Å². The Kier molecular flexibility index (Phi) is 6.22. The van der Waals surface area contributed by atoms with Gasteiger partial charge in [-0.25, -0.2) is 0 Å². The lowest BCUT2D eigenvalue weighted by Crippen LogP contribution is -2.41. The summed E-state index contributed by atoms with van der Waals surface area (Å²) in [6.45, 7) is 11.5. The highest BCUT2D eigenvalue weighted by Gasteiger charge is 2.50. The van der Waals surface area contributed by atoms with Crippen LogP contribution in [0.25, 0.3) is 0 Å². The maximum atomic E-state index is 9.45. The van der Waals surface area contributed by atoms with Crippen LogP contribution in [0.3, 0.4) is 0 Å². The molecule has 0 spiro atoms. The summed E-state index contributed by atoms with van der Waals surface area (Å²) in [5.41, 5.74) is 1.68. The van der Waals surface area contributed by atoms with E-state index in [0.717, 1.165) is 47.3 Å². The first-order valence-corrected chi connectivity index (χ1v) is 12.9. The number of fused-ring (bicyclic) bond motifs is 5. The molecule has 1 nitrogen and oxygen atoms in total. The molecule has 0 aromatic heterocycles. The predicted molar refractivity (Wildman–Crippen MR) is 122 cm³/mol. The summed E-state index contributed by atoms with van der Waals surface area (Å²) in [4.78, 5) is 0. The molecule has 3 saturated carbocycles. The molecular weight excluding hydrogens is 350 g/mol. The van der Waals surface area contributed by atoms with Crippen molar-refractivity contribution in [2.24, 2.45) is 58.7 Å². The van der Waals surface area contributed by atoms with Crippen LogP contribution in [0.2, 0.25) is 0 Å². The van der Waals surface area contributed by atoms with Crippen molar-refractivity contribution in [3.8, 4) is 6.07 Å². The van der Waals surface area contributed by atoms with Crippen molar-refractivity contribution < 1.29 is 0 Å². The normalized spacial score (nSPS) is 41.4. The fourth-order valence-electron chi connectivity index (χ4n) is 8.08. The van der Waals surface area contributed by atoms with E-state index in [4.69, 9.17) is 0 Å². The van der Waals surface area contributed by atoms with E-state index in [1.165, 1.54) is 64.2 Å². The van der Waals surface area contributed by atoms with Gasteiger partial charge in [-0.2, -0.15) is 5.26 Å². The number of nitrogens with zero attached hydrogens (tertiary/aromatic N) is 1. The molecule has 4 aliphatic rings. The van der Waals surface area contributed by atoms with Gasteiger partial charge < -0.3 is 0 Å². The fourth-order valence-corrected chi connectivity index (χ4v) is 8.08. The number of hydrogen-bond acceptors (Lipinski definition) is 1. The molecule has 9 unspecified atom stereocenters. The fraction of sp³-hybridized carbons (Fsp3) is 0.893. The molecule has 0 aromatic rings. The lowest BCUT2D eigenvalue weighted by molar-refractivity contribution is 0.0383. The van der Waals surface area contributed by atoms with Gasteiger partial charge in [0.05, 0.1) is 11.5 Å². The monoisotopic (exact) mass is 395 g/mol. The smallest absolute Gasteiger partial charge is 0.0686 e. The van der Waals surface area contributed by atoms with E-state index < -0.39 is 0 Å². The first-order valence-electron chi connectivity index (χ1n) is 12.9. The Hall–Kier alpha value is -0.770. The van der Waals surface area contributed by atoms with Gasteiger partial charge in [0, 0.05) is 0 Å². The Labute approximate surface area is 180 Å². The van der Waals surface area contributed by atoms with E-state index in [2.05, 4.69) is 46.8 Å². The maximum Gasteiger partial charge on any atom is 0.0686 e. The molecule has 0 N–H and O–H groups in total. The zero-order chi connectivity index (χ0) is 20.8. The van der Waals surface area contributed by atoms with Gasteiger partial charge in [-0.15, -0.1) is 0 Å². The van der Waals surface area contributed by atoms with Crippen LogP contribution in [0.4, 0.5) is 0 Å². The second-order valence-electron chi connectivity index (χ2n) is 12.3. The van der Waals surface area contributed by atoms with Crippen molar-refractivity contribution >= 4 is 0 Å². The summed E-state index contributed by atoms with van der Waals surface area (Å²) in [5, 5.41) is 9.45. The Balaban J connectivity index is 1.38. The second-order valence-corrected chi connectivity index (χ2v) is 12.3. The highest BCUT2D eigenvalue weighted by atomic mass is 14.5. The average molecular weight is 396 g/mol. The first-order chi connectivity index (χ1) is 13.8. The molecule has 9 atom stereocenters. The van der Waals surface area contributed by atoms with Crippen LogP contribution in [-0.2, 0) is 0 Å². The molecule has 162 valence electrons. The molecule has 1 heteroatoms. The summed E-state index contributed by atoms with van der Waals surface area (Å²) in [6.07, 6.45) is 17.0. The van der Waals surface area contributed by atoms with Gasteiger partial charge in [-0.05, 0) is 125 Å². The third-order valence-electron chi connectivity index (χ3n) is 10.4. The third kappa shape index (κ3) is 4.07. The summed E-state index contributed by atoms with van der Waals surface area (Å²) < 4.78 is 0. The molecular formula is C28H45N. The summed E-state index contributed by atoms with van der Waals surface area (Å²) in [5.74, 6) is 8.22. The molecule has 0 heterocycles. The number of allylic oxidation sites excluding steroid dienone is 2. The summed E-state index contributed by atoms with van der Waals surface area (Å²) in [6, 6.07) is 2.53. The second kappa shape index (κ2) is 8.40. The minimum atomic E-state index is -0.181.